The lowest BCUT2D eigenvalue weighted by atomic mass is 10.1. The Hall–Kier alpha value is -1.91. The summed E-state index contributed by atoms with van der Waals surface area (Å²) in [6.45, 7) is 1.45. The van der Waals surface area contributed by atoms with Crippen LogP contribution in [-0.4, -0.2) is 17.5 Å². The van der Waals surface area contributed by atoms with Gasteiger partial charge in [-0.05, 0) is 19.1 Å². The normalized spacial score (nSPS) is 9.57. The van der Waals surface area contributed by atoms with Crippen molar-refractivity contribution in [1.29, 1.82) is 0 Å². The highest BCUT2D eigenvalue weighted by atomic mass is 19.1. The zero-order valence-electron chi connectivity index (χ0n) is 7.37. The number of aromatic carboxylic acids is 1. The summed E-state index contributed by atoms with van der Waals surface area (Å²) in [5.74, 6) is -1.90. The summed E-state index contributed by atoms with van der Waals surface area (Å²) in [5, 5.41) is 10.8. The van der Waals surface area contributed by atoms with Gasteiger partial charge in [-0.3, -0.25) is 4.79 Å². The molecule has 1 amide bonds. The Morgan fingerprint density at radius 1 is 1.57 bits per heavy atom. The van der Waals surface area contributed by atoms with Crippen molar-refractivity contribution in [3.63, 3.8) is 0 Å². The van der Waals surface area contributed by atoms with Crippen molar-refractivity contribution in [2.75, 3.05) is 5.32 Å². The van der Waals surface area contributed by atoms with Crippen molar-refractivity contribution in [3.8, 4) is 0 Å². The lowest BCUT2D eigenvalue weighted by molar-refractivity contribution is -0.105. The van der Waals surface area contributed by atoms with Gasteiger partial charge in [0.05, 0.1) is 5.56 Å². The molecule has 0 fully saturated rings. The van der Waals surface area contributed by atoms with Crippen molar-refractivity contribution in [1.82, 2.24) is 0 Å². The highest BCUT2D eigenvalue weighted by Crippen LogP contribution is 2.20. The number of carbonyl (C=O) groups excluding carboxylic acids is 1. The largest absolute Gasteiger partial charge is 0.478 e. The van der Waals surface area contributed by atoms with E-state index < -0.39 is 11.8 Å². The van der Waals surface area contributed by atoms with Gasteiger partial charge in [-0.1, -0.05) is 0 Å². The molecule has 0 radical (unpaired) electrons. The fourth-order valence-electron chi connectivity index (χ4n) is 1.02. The molecule has 4 nitrogen and oxygen atoms in total. The van der Waals surface area contributed by atoms with E-state index in [4.69, 9.17) is 5.11 Å². The molecule has 2 N–H and O–H groups in total. The van der Waals surface area contributed by atoms with Gasteiger partial charge < -0.3 is 10.4 Å². The van der Waals surface area contributed by atoms with Crippen LogP contribution in [0.25, 0.3) is 0 Å². The van der Waals surface area contributed by atoms with Crippen molar-refractivity contribution in [3.05, 3.63) is 29.1 Å². The predicted octanol–water partition coefficient (Wildman–Crippen LogP) is 1.40. The second kappa shape index (κ2) is 3.87. The van der Waals surface area contributed by atoms with Crippen molar-refractivity contribution in [2.45, 2.75) is 6.92 Å². The predicted molar refractivity (Wildman–Crippen MR) is 47.8 cm³/mol. The van der Waals surface area contributed by atoms with Gasteiger partial charge >= 0.3 is 5.97 Å². The number of anilines is 1. The highest BCUT2D eigenvalue weighted by molar-refractivity contribution is 5.90. The summed E-state index contributed by atoms with van der Waals surface area (Å²) in [6.07, 6.45) is 0.368. The Kier molecular flexibility index (Phi) is 2.81. The van der Waals surface area contributed by atoms with Crippen molar-refractivity contribution < 1.29 is 19.1 Å². The first-order valence-corrected chi connectivity index (χ1v) is 3.80. The Bertz CT molecular complexity index is 390. The topological polar surface area (TPSA) is 66.4 Å². The maximum atomic E-state index is 13.1. The standard InChI is InChI=1S/C9H8FNO3/c1-5-7(10)2-6(9(13)14)3-8(5)11-4-12/h2-4H,1H3,(H,11,12)(H,13,14). The Balaban J connectivity index is 3.27. The highest BCUT2D eigenvalue weighted by Gasteiger charge is 2.10. The lowest BCUT2D eigenvalue weighted by Gasteiger charge is -2.06. The number of carboxylic acids is 1. The zero-order chi connectivity index (χ0) is 10.7. The maximum absolute atomic E-state index is 13.1. The molecule has 0 bridgehead atoms. The second-order valence-corrected chi connectivity index (χ2v) is 2.70. The van der Waals surface area contributed by atoms with E-state index in [-0.39, 0.29) is 16.8 Å². The third-order valence-corrected chi connectivity index (χ3v) is 1.81. The van der Waals surface area contributed by atoms with Gasteiger partial charge in [0, 0.05) is 11.3 Å². The van der Waals surface area contributed by atoms with Crippen LogP contribution in [0.1, 0.15) is 15.9 Å². The van der Waals surface area contributed by atoms with Crippen LogP contribution in [0.2, 0.25) is 0 Å². The summed E-state index contributed by atoms with van der Waals surface area (Å²) in [7, 11) is 0. The first kappa shape index (κ1) is 10.2. The van der Waals surface area contributed by atoms with Crippen LogP contribution < -0.4 is 5.32 Å². The van der Waals surface area contributed by atoms with Gasteiger partial charge in [0.1, 0.15) is 5.82 Å². The molecule has 1 aromatic rings. The summed E-state index contributed by atoms with van der Waals surface area (Å²) in [6, 6.07) is 2.11. The van der Waals surface area contributed by atoms with Crippen LogP contribution in [0.4, 0.5) is 10.1 Å². The van der Waals surface area contributed by atoms with Crippen LogP contribution in [0, 0.1) is 12.7 Å². The molecule has 0 saturated carbocycles. The van der Waals surface area contributed by atoms with Gasteiger partial charge in [-0.15, -0.1) is 0 Å². The van der Waals surface area contributed by atoms with Gasteiger partial charge in [0.25, 0.3) is 0 Å². The third-order valence-electron chi connectivity index (χ3n) is 1.81. The van der Waals surface area contributed by atoms with E-state index in [0.717, 1.165) is 6.07 Å². The fourth-order valence-corrected chi connectivity index (χ4v) is 1.02. The number of carboxylic acid groups (broad SMARTS) is 1. The SMILES string of the molecule is Cc1c(F)cc(C(=O)O)cc1NC=O. The van der Waals surface area contributed by atoms with E-state index in [0.29, 0.717) is 6.41 Å². The number of amides is 1. The minimum atomic E-state index is -1.24. The number of hydrogen-bond acceptors (Lipinski definition) is 2. The maximum Gasteiger partial charge on any atom is 0.335 e. The van der Waals surface area contributed by atoms with Crippen LogP contribution >= 0.6 is 0 Å². The van der Waals surface area contributed by atoms with E-state index in [2.05, 4.69) is 5.32 Å². The molecule has 0 spiro atoms. The molecule has 0 aliphatic rings. The van der Waals surface area contributed by atoms with E-state index >= 15 is 0 Å². The number of rotatable bonds is 3. The van der Waals surface area contributed by atoms with Gasteiger partial charge in [-0.25, -0.2) is 9.18 Å². The molecular weight excluding hydrogens is 189 g/mol. The monoisotopic (exact) mass is 197 g/mol. The molecule has 0 unspecified atom stereocenters. The number of halogens is 1. The smallest absolute Gasteiger partial charge is 0.335 e. The van der Waals surface area contributed by atoms with E-state index in [1.165, 1.54) is 13.0 Å². The summed E-state index contributed by atoms with van der Waals surface area (Å²) < 4.78 is 13.1. The molecule has 1 aromatic carbocycles. The Labute approximate surface area is 79.4 Å². The van der Waals surface area contributed by atoms with Crippen LogP contribution in [0.5, 0.6) is 0 Å². The quantitative estimate of drug-likeness (QED) is 0.720. The number of benzene rings is 1. The zero-order valence-corrected chi connectivity index (χ0v) is 7.37. The number of nitrogens with one attached hydrogen (secondary N) is 1. The average molecular weight is 197 g/mol. The average Bonchev–Trinajstić information content (AvgIpc) is 2.12. The van der Waals surface area contributed by atoms with Crippen molar-refractivity contribution >= 4 is 18.1 Å². The van der Waals surface area contributed by atoms with Crippen molar-refractivity contribution in [2.24, 2.45) is 0 Å². The molecule has 0 atom stereocenters. The molecule has 0 saturated heterocycles. The molecule has 0 aliphatic carbocycles. The van der Waals surface area contributed by atoms with Crippen LogP contribution in [-0.2, 0) is 4.79 Å². The molecule has 0 heterocycles. The minimum Gasteiger partial charge on any atom is -0.478 e. The molecule has 0 aliphatic heterocycles. The summed E-state index contributed by atoms with van der Waals surface area (Å²) in [4.78, 5) is 20.7. The number of hydrogen-bond donors (Lipinski definition) is 2. The lowest BCUT2D eigenvalue weighted by Crippen LogP contribution is -2.03. The molecule has 1 rings (SSSR count). The molecule has 0 aromatic heterocycles. The molecular formula is C9H8FNO3. The van der Waals surface area contributed by atoms with E-state index in [9.17, 15) is 14.0 Å². The summed E-state index contributed by atoms with van der Waals surface area (Å²) in [5.41, 5.74) is 0.178. The molecule has 14 heavy (non-hydrogen) atoms. The van der Waals surface area contributed by atoms with Gasteiger partial charge in [-0.2, -0.15) is 0 Å². The van der Waals surface area contributed by atoms with Crippen LogP contribution in [0.3, 0.4) is 0 Å². The minimum absolute atomic E-state index is 0.164. The van der Waals surface area contributed by atoms with Crippen LogP contribution in [0.15, 0.2) is 12.1 Å². The fraction of sp³-hybridized carbons (Fsp3) is 0.111. The first-order valence-electron chi connectivity index (χ1n) is 3.80. The molecule has 74 valence electrons. The Morgan fingerprint density at radius 3 is 2.71 bits per heavy atom. The first-order chi connectivity index (χ1) is 6.56. The molecule has 5 heteroatoms. The van der Waals surface area contributed by atoms with Gasteiger partial charge in [0.2, 0.25) is 6.41 Å². The number of carbonyl (C=O) groups is 2. The third kappa shape index (κ3) is 1.87. The second-order valence-electron chi connectivity index (χ2n) is 2.70. The van der Waals surface area contributed by atoms with E-state index in [1.54, 1.807) is 0 Å². The summed E-state index contributed by atoms with van der Waals surface area (Å²) >= 11 is 0. The van der Waals surface area contributed by atoms with E-state index in [1.807, 2.05) is 0 Å². The van der Waals surface area contributed by atoms with Gasteiger partial charge in [0.15, 0.2) is 0 Å². The Morgan fingerprint density at radius 2 is 2.21 bits per heavy atom.